The Labute approximate surface area is 476 Å². The molecule has 0 saturated carbocycles. The van der Waals surface area contributed by atoms with Crippen LogP contribution >= 0.6 is 23.5 Å². The second-order valence-corrected chi connectivity index (χ2v) is 25.2. The highest BCUT2D eigenvalue weighted by Gasteiger charge is 2.50. The van der Waals surface area contributed by atoms with Crippen LogP contribution in [0.25, 0.3) is 22.3 Å². The van der Waals surface area contributed by atoms with Gasteiger partial charge in [0, 0.05) is 75.7 Å². The second-order valence-electron chi connectivity index (χ2n) is 23.1. The normalized spacial score (nSPS) is 15.0. The first-order valence-corrected chi connectivity index (χ1v) is 29.4. The van der Waals surface area contributed by atoms with Crippen LogP contribution in [0, 0.1) is 0 Å². The van der Waals surface area contributed by atoms with Crippen molar-refractivity contribution in [2.75, 3.05) is 9.80 Å². The molecular formula is C72H50B2N2O2S2. The molecule has 6 aliphatic rings. The summed E-state index contributed by atoms with van der Waals surface area (Å²) in [4.78, 5) is 9.88. The van der Waals surface area contributed by atoms with Crippen molar-refractivity contribution in [1.82, 2.24) is 0 Å². The summed E-state index contributed by atoms with van der Waals surface area (Å²) in [5.74, 6) is 3.89. The fourth-order valence-corrected chi connectivity index (χ4v) is 17.0. The maximum Gasteiger partial charge on any atom is 0.253 e. The van der Waals surface area contributed by atoms with E-state index in [2.05, 4.69) is 268 Å². The largest absolute Gasteiger partial charge is 0.458 e. The van der Waals surface area contributed by atoms with Crippen molar-refractivity contribution >= 4 is 104 Å². The number of hydrogen-bond acceptors (Lipinski definition) is 6. The molecule has 0 aromatic heterocycles. The molecule has 11 aromatic carbocycles. The molecule has 0 amide bonds. The number of anilines is 6. The molecule has 4 heterocycles. The van der Waals surface area contributed by atoms with Crippen molar-refractivity contribution in [3.63, 3.8) is 0 Å². The van der Waals surface area contributed by atoms with Gasteiger partial charge in [-0.2, -0.15) is 0 Å². The van der Waals surface area contributed by atoms with Gasteiger partial charge in [-0.1, -0.05) is 190 Å². The van der Waals surface area contributed by atoms with Gasteiger partial charge in [-0.3, -0.25) is 0 Å². The Morgan fingerprint density at radius 2 is 0.688 bits per heavy atom. The lowest BCUT2D eigenvalue weighted by atomic mass is 9.32. The summed E-state index contributed by atoms with van der Waals surface area (Å²) in [7, 11) is 0. The van der Waals surface area contributed by atoms with Gasteiger partial charge in [0.05, 0.1) is 0 Å². The van der Waals surface area contributed by atoms with E-state index in [1.807, 2.05) is 23.5 Å². The Morgan fingerprint density at radius 1 is 0.325 bits per heavy atom. The summed E-state index contributed by atoms with van der Waals surface area (Å²) in [6.07, 6.45) is 0. The standard InChI is InChI=1S/C72H50B2N2O2S2/c1-71(2)53-37-47(75(43-21-9-5-10-22-43)44-23-11-6-12-24-44)33-35-49(53)51-39-63-67-69(65(51)71)77-59-31-19-17-29-55(59)73(67)57-41-58-62(42-61(57)79-63)80-64-40-52-50-36-34-48(76(45-25-13-7-14-26-45)46-27-15-8-16-28-46)38-54(50)72(3,4)66(52)70-68(64)74(58)56-30-18-20-32-60(56)78-70/h5-42H,1-4H3. The average molecular weight is 1060 g/mol. The molecule has 11 aromatic rings. The van der Waals surface area contributed by atoms with E-state index < -0.39 is 0 Å². The Kier molecular flexibility index (Phi) is 9.84. The van der Waals surface area contributed by atoms with Crippen LogP contribution < -0.4 is 52.1 Å². The van der Waals surface area contributed by atoms with E-state index in [-0.39, 0.29) is 24.3 Å². The van der Waals surface area contributed by atoms with Crippen molar-refractivity contribution in [2.24, 2.45) is 0 Å². The summed E-state index contributed by atoms with van der Waals surface area (Å²) in [5, 5.41) is 0. The van der Waals surface area contributed by atoms with Crippen LogP contribution in [0.5, 0.6) is 23.0 Å². The third kappa shape index (κ3) is 6.52. The predicted octanol–water partition coefficient (Wildman–Crippen LogP) is 15.4. The monoisotopic (exact) mass is 1060 g/mol. The Morgan fingerprint density at radius 3 is 1.07 bits per heavy atom. The van der Waals surface area contributed by atoms with Crippen molar-refractivity contribution in [3.8, 4) is 45.3 Å². The minimum atomic E-state index is -0.358. The minimum absolute atomic E-state index is 0.0199. The van der Waals surface area contributed by atoms with Gasteiger partial charge in [-0.15, -0.1) is 0 Å². The Hall–Kier alpha value is -8.55. The van der Waals surface area contributed by atoms with Gasteiger partial charge in [0.1, 0.15) is 23.0 Å². The topological polar surface area (TPSA) is 24.9 Å². The number of fused-ring (bicyclic) bond motifs is 16. The highest BCUT2D eigenvalue weighted by molar-refractivity contribution is 8.01. The molecule has 0 bridgehead atoms. The van der Waals surface area contributed by atoms with Gasteiger partial charge >= 0.3 is 0 Å². The van der Waals surface area contributed by atoms with Crippen molar-refractivity contribution in [2.45, 2.75) is 58.1 Å². The third-order valence-corrected chi connectivity index (χ3v) is 20.2. The maximum atomic E-state index is 7.35. The number of hydrogen-bond donors (Lipinski definition) is 0. The van der Waals surface area contributed by atoms with E-state index in [1.54, 1.807) is 0 Å². The summed E-state index contributed by atoms with van der Waals surface area (Å²) >= 11 is 3.83. The van der Waals surface area contributed by atoms with Gasteiger partial charge in [-0.25, -0.2) is 0 Å². The van der Waals surface area contributed by atoms with Crippen molar-refractivity contribution < 1.29 is 9.47 Å². The molecule has 0 fully saturated rings. The van der Waals surface area contributed by atoms with Crippen LogP contribution in [0.3, 0.4) is 0 Å². The first-order chi connectivity index (χ1) is 39.2. The molecule has 0 unspecified atom stereocenters. The average Bonchev–Trinajstić information content (AvgIpc) is 4.08. The van der Waals surface area contributed by atoms with E-state index in [0.717, 1.165) is 57.1 Å². The molecule has 0 saturated heterocycles. The van der Waals surface area contributed by atoms with Crippen molar-refractivity contribution in [1.29, 1.82) is 0 Å². The molecule has 0 spiro atoms. The summed E-state index contributed by atoms with van der Waals surface area (Å²) in [6.45, 7) is 9.54. The summed E-state index contributed by atoms with van der Waals surface area (Å²) < 4.78 is 14.7. The lowest BCUT2D eigenvalue weighted by Gasteiger charge is -2.39. The van der Waals surface area contributed by atoms with Gasteiger partial charge in [-0.05, 0) is 158 Å². The molecule has 2 aliphatic carbocycles. The maximum absolute atomic E-state index is 7.35. The third-order valence-electron chi connectivity index (χ3n) is 18.0. The molecule has 4 aliphatic heterocycles. The molecule has 0 radical (unpaired) electrons. The number of nitrogens with zero attached hydrogens (tertiary/aromatic N) is 2. The fourth-order valence-electron chi connectivity index (χ4n) is 14.5. The molecule has 0 atom stereocenters. The molecule has 80 heavy (non-hydrogen) atoms. The summed E-state index contributed by atoms with van der Waals surface area (Å²) in [6, 6.07) is 84.7. The van der Waals surface area contributed by atoms with Crippen LogP contribution in [0.15, 0.2) is 250 Å². The minimum Gasteiger partial charge on any atom is -0.458 e. The number of ether oxygens (including phenoxy) is 2. The van der Waals surface area contributed by atoms with E-state index in [1.165, 1.54) is 96.9 Å². The predicted molar refractivity (Wildman–Crippen MR) is 334 cm³/mol. The van der Waals surface area contributed by atoms with Gasteiger partial charge in [0.25, 0.3) is 13.4 Å². The number of para-hydroxylation sites is 6. The SMILES string of the molecule is CC1(C)c2cc(N(c3ccccc3)c3ccccc3)ccc2-c2cc3c4c(c21)Oc1ccccc1B4c1cc2c(cc1S3)Sc1cc3c(c4c1B2c1ccccc1O4)C(C)(C)c1cc(N(c2ccccc2)c2ccccc2)ccc1-3. The molecule has 378 valence electrons. The summed E-state index contributed by atoms with van der Waals surface area (Å²) in [5.41, 5.74) is 23.9. The first-order valence-electron chi connectivity index (χ1n) is 27.8. The zero-order chi connectivity index (χ0) is 53.2. The molecule has 0 N–H and O–H groups in total. The zero-order valence-corrected chi connectivity index (χ0v) is 46.3. The Bertz CT molecular complexity index is 4090. The quantitative estimate of drug-likeness (QED) is 0.154. The van der Waals surface area contributed by atoms with Gasteiger partial charge in [0.15, 0.2) is 0 Å². The molecule has 4 nitrogen and oxygen atoms in total. The van der Waals surface area contributed by atoms with Gasteiger partial charge < -0.3 is 19.3 Å². The van der Waals surface area contributed by atoms with Crippen LogP contribution in [0.1, 0.15) is 49.9 Å². The van der Waals surface area contributed by atoms with Crippen molar-refractivity contribution in [3.05, 3.63) is 253 Å². The van der Waals surface area contributed by atoms with E-state index >= 15 is 0 Å². The first kappa shape index (κ1) is 46.4. The van der Waals surface area contributed by atoms with Crippen LogP contribution in [-0.2, 0) is 10.8 Å². The molecule has 17 rings (SSSR count). The molecular weight excluding hydrogens is 1010 g/mol. The molecule has 8 heteroatoms. The fraction of sp³-hybridized carbons (Fsp3) is 0.0833. The van der Waals surface area contributed by atoms with E-state index in [9.17, 15) is 0 Å². The smallest absolute Gasteiger partial charge is 0.253 e. The lowest BCUT2D eigenvalue weighted by molar-refractivity contribution is 0.468. The highest BCUT2D eigenvalue weighted by atomic mass is 32.2. The number of rotatable bonds is 6. The van der Waals surface area contributed by atoms with Gasteiger partial charge in [0.2, 0.25) is 0 Å². The van der Waals surface area contributed by atoms with Crippen LogP contribution in [-0.4, -0.2) is 13.4 Å². The second kappa shape index (κ2) is 17.0. The Balaban J connectivity index is 0.816. The van der Waals surface area contributed by atoms with E-state index in [4.69, 9.17) is 9.47 Å². The van der Waals surface area contributed by atoms with E-state index in [0.29, 0.717) is 0 Å². The lowest BCUT2D eigenvalue weighted by Crippen LogP contribution is -2.62. The van der Waals surface area contributed by atoms with Crippen LogP contribution in [0.4, 0.5) is 34.1 Å². The van der Waals surface area contributed by atoms with Crippen LogP contribution in [0.2, 0.25) is 0 Å². The highest BCUT2D eigenvalue weighted by Crippen LogP contribution is 2.59. The zero-order valence-electron chi connectivity index (χ0n) is 44.6. The number of benzene rings is 11.